The summed E-state index contributed by atoms with van der Waals surface area (Å²) in [5.41, 5.74) is 1.01. The van der Waals surface area contributed by atoms with Crippen LogP contribution in [0, 0.1) is 0 Å². The zero-order chi connectivity index (χ0) is 10.4. The van der Waals surface area contributed by atoms with Gasteiger partial charge in [0.25, 0.3) is 0 Å². The van der Waals surface area contributed by atoms with E-state index in [1.54, 1.807) is 19.1 Å². The molecule has 0 spiro atoms. The maximum atomic E-state index is 11.6. The fourth-order valence-corrected chi connectivity index (χ4v) is 1.00. The van der Waals surface area contributed by atoms with Crippen LogP contribution in [0.4, 0.5) is 0 Å². The molecule has 0 aliphatic carbocycles. The number of oxime groups is 1. The number of rotatable bonds is 4. The molecule has 3 nitrogen and oxygen atoms in total. The molecule has 14 heavy (non-hydrogen) atoms. The van der Waals surface area contributed by atoms with Crippen LogP contribution < -0.4 is 0 Å². The Morgan fingerprint density at radius 2 is 2.00 bits per heavy atom. The molecule has 0 atom stereocenters. The van der Waals surface area contributed by atoms with E-state index in [2.05, 4.69) is 5.16 Å². The van der Waals surface area contributed by atoms with Gasteiger partial charge in [-0.15, -0.1) is 0 Å². The number of hydrogen-bond donors (Lipinski definition) is 0. The van der Waals surface area contributed by atoms with Gasteiger partial charge >= 0.3 is 0 Å². The largest absolute Gasteiger partial charge is 0.396 e. The van der Waals surface area contributed by atoms with Crippen molar-refractivity contribution in [2.24, 2.45) is 5.16 Å². The highest BCUT2D eigenvalue weighted by atomic mass is 16.6. The summed E-state index contributed by atoms with van der Waals surface area (Å²) in [6.07, 6.45) is 0. The van der Waals surface area contributed by atoms with Crippen LogP contribution in [0.1, 0.15) is 24.2 Å². The topological polar surface area (TPSA) is 38.7 Å². The molecule has 1 aromatic carbocycles. The fraction of sp³-hybridized carbons (Fsp3) is 0.273. The number of carbonyl (C=O) groups excluding carboxylic acids is 1. The normalized spacial score (nSPS) is 11.1. The molecule has 0 bridgehead atoms. The number of benzene rings is 1. The highest BCUT2D eigenvalue weighted by molar-refractivity contribution is 6.45. The number of hydrogen-bond acceptors (Lipinski definition) is 3. The highest BCUT2D eigenvalue weighted by Crippen LogP contribution is 2.01. The van der Waals surface area contributed by atoms with Crippen molar-refractivity contribution in [2.45, 2.75) is 13.8 Å². The SMILES string of the molecule is CCON=C(C)C(=O)c1ccccc1. The Hall–Kier alpha value is -1.64. The van der Waals surface area contributed by atoms with Crippen molar-refractivity contribution in [3.8, 4) is 0 Å². The third-order valence-electron chi connectivity index (χ3n) is 1.70. The Balaban J connectivity index is 2.76. The van der Waals surface area contributed by atoms with Gasteiger partial charge in [-0.1, -0.05) is 35.5 Å². The van der Waals surface area contributed by atoms with Crippen LogP contribution in [-0.2, 0) is 4.84 Å². The van der Waals surface area contributed by atoms with Gasteiger partial charge in [-0.3, -0.25) is 4.79 Å². The standard InChI is InChI=1S/C11H13NO2/c1-3-14-12-9(2)11(13)10-7-5-4-6-8-10/h4-8H,3H2,1-2H3. The summed E-state index contributed by atoms with van der Waals surface area (Å²) < 4.78 is 0. The summed E-state index contributed by atoms with van der Waals surface area (Å²) in [6, 6.07) is 9.02. The first-order chi connectivity index (χ1) is 6.75. The average Bonchev–Trinajstić information content (AvgIpc) is 2.26. The van der Waals surface area contributed by atoms with Crippen LogP contribution in [0.5, 0.6) is 0 Å². The Bertz CT molecular complexity index is 330. The first kappa shape index (κ1) is 10.4. The maximum absolute atomic E-state index is 11.6. The minimum atomic E-state index is -0.0981. The first-order valence-electron chi connectivity index (χ1n) is 4.52. The number of nitrogens with zero attached hydrogens (tertiary/aromatic N) is 1. The van der Waals surface area contributed by atoms with E-state index < -0.39 is 0 Å². The predicted octanol–water partition coefficient (Wildman–Crippen LogP) is 2.28. The lowest BCUT2D eigenvalue weighted by Gasteiger charge is -1.99. The number of Topliss-reactive ketones (excluding diaryl/α,β-unsaturated/α-hetero) is 1. The minimum absolute atomic E-state index is 0.0981. The second-order valence-corrected chi connectivity index (χ2v) is 2.79. The van der Waals surface area contributed by atoms with E-state index in [1.807, 2.05) is 25.1 Å². The molecule has 0 aliphatic heterocycles. The third-order valence-corrected chi connectivity index (χ3v) is 1.70. The Morgan fingerprint density at radius 3 is 2.57 bits per heavy atom. The Morgan fingerprint density at radius 1 is 1.36 bits per heavy atom. The van der Waals surface area contributed by atoms with Crippen LogP contribution in [0.2, 0.25) is 0 Å². The third kappa shape index (κ3) is 2.69. The monoisotopic (exact) mass is 191 g/mol. The molecule has 0 amide bonds. The van der Waals surface area contributed by atoms with Crippen LogP contribution in [0.15, 0.2) is 35.5 Å². The van der Waals surface area contributed by atoms with E-state index in [4.69, 9.17) is 4.84 Å². The zero-order valence-corrected chi connectivity index (χ0v) is 8.36. The summed E-state index contributed by atoms with van der Waals surface area (Å²) >= 11 is 0. The quantitative estimate of drug-likeness (QED) is 0.416. The summed E-state index contributed by atoms with van der Waals surface area (Å²) in [4.78, 5) is 16.4. The average molecular weight is 191 g/mol. The van der Waals surface area contributed by atoms with Gasteiger partial charge in [0, 0.05) is 5.56 Å². The molecular formula is C11H13NO2. The highest BCUT2D eigenvalue weighted by Gasteiger charge is 2.08. The number of carbonyl (C=O) groups is 1. The van der Waals surface area contributed by atoms with Gasteiger partial charge in [0.1, 0.15) is 12.3 Å². The van der Waals surface area contributed by atoms with Gasteiger partial charge < -0.3 is 4.84 Å². The number of ketones is 1. The van der Waals surface area contributed by atoms with Gasteiger partial charge in [-0.2, -0.15) is 0 Å². The summed E-state index contributed by atoms with van der Waals surface area (Å²) in [7, 11) is 0. The van der Waals surface area contributed by atoms with Crippen molar-refractivity contribution >= 4 is 11.5 Å². The fourth-order valence-electron chi connectivity index (χ4n) is 1.00. The van der Waals surface area contributed by atoms with E-state index in [-0.39, 0.29) is 5.78 Å². The molecule has 0 saturated carbocycles. The van der Waals surface area contributed by atoms with Crippen LogP contribution in [0.3, 0.4) is 0 Å². The second-order valence-electron chi connectivity index (χ2n) is 2.79. The molecule has 0 heterocycles. The maximum Gasteiger partial charge on any atom is 0.210 e. The van der Waals surface area contributed by atoms with Crippen molar-refractivity contribution < 1.29 is 9.63 Å². The zero-order valence-electron chi connectivity index (χ0n) is 8.36. The van der Waals surface area contributed by atoms with Crippen LogP contribution in [-0.4, -0.2) is 18.1 Å². The van der Waals surface area contributed by atoms with Crippen LogP contribution in [0.25, 0.3) is 0 Å². The molecule has 0 aromatic heterocycles. The van der Waals surface area contributed by atoms with E-state index in [0.717, 1.165) is 0 Å². The smallest absolute Gasteiger partial charge is 0.210 e. The molecule has 3 heteroatoms. The van der Waals surface area contributed by atoms with Crippen LogP contribution >= 0.6 is 0 Å². The molecule has 0 N–H and O–H groups in total. The summed E-state index contributed by atoms with van der Waals surface area (Å²) in [5, 5.41) is 3.69. The molecule has 0 aliphatic rings. The molecular weight excluding hydrogens is 178 g/mol. The lowest BCUT2D eigenvalue weighted by atomic mass is 10.1. The lowest BCUT2D eigenvalue weighted by Crippen LogP contribution is -2.10. The Kier molecular flexibility index (Phi) is 3.85. The molecule has 0 radical (unpaired) electrons. The van der Waals surface area contributed by atoms with Crippen molar-refractivity contribution in [2.75, 3.05) is 6.61 Å². The molecule has 1 rings (SSSR count). The van der Waals surface area contributed by atoms with Gasteiger partial charge in [0.05, 0.1) is 0 Å². The predicted molar refractivity (Wildman–Crippen MR) is 55.5 cm³/mol. The summed E-state index contributed by atoms with van der Waals surface area (Å²) in [5.74, 6) is -0.0981. The molecule has 0 fully saturated rings. The van der Waals surface area contributed by atoms with Gasteiger partial charge in [0.2, 0.25) is 5.78 Å². The second kappa shape index (κ2) is 5.17. The summed E-state index contributed by atoms with van der Waals surface area (Å²) in [6.45, 7) is 3.94. The lowest BCUT2D eigenvalue weighted by molar-refractivity contribution is 0.105. The van der Waals surface area contributed by atoms with E-state index in [1.165, 1.54) is 0 Å². The van der Waals surface area contributed by atoms with Crippen molar-refractivity contribution in [3.63, 3.8) is 0 Å². The minimum Gasteiger partial charge on any atom is -0.396 e. The van der Waals surface area contributed by atoms with E-state index >= 15 is 0 Å². The van der Waals surface area contributed by atoms with Crippen molar-refractivity contribution in [3.05, 3.63) is 35.9 Å². The van der Waals surface area contributed by atoms with Gasteiger partial charge in [0.15, 0.2) is 0 Å². The van der Waals surface area contributed by atoms with Crippen molar-refractivity contribution in [1.82, 2.24) is 0 Å². The Labute approximate surface area is 83.4 Å². The van der Waals surface area contributed by atoms with E-state index in [9.17, 15) is 4.79 Å². The van der Waals surface area contributed by atoms with Gasteiger partial charge in [-0.25, -0.2) is 0 Å². The van der Waals surface area contributed by atoms with Crippen molar-refractivity contribution in [1.29, 1.82) is 0 Å². The van der Waals surface area contributed by atoms with E-state index in [0.29, 0.717) is 17.9 Å². The molecule has 1 aromatic rings. The molecule has 0 unspecified atom stereocenters. The first-order valence-corrected chi connectivity index (χ1v) is 4.52. The molecule has 74 valence electrons. The van der Waals surface area contributed by atoms with Gasteiger partial charge in [-0.05, 0) is 13.8 Å². The molecule has 0 saturated heterocycles.